The lowest BCUT2D eigenvalue weighted by Gasteiger charge is -2.26. The predicted octanol–water partition coefficient (Wildman–Crippen LogP) is 6.68. The van der Waals surface area contributed by atoms with Crippen molar-refractivity contribution in [1.29, 1.82) is 0 Å². The average Bonchev–Trinajstić information content (AvgIpc) is 2.83. The Labute approximate surface area is 206 Å². The Morgan fingerprint density at radius 3 is 2.31 bits per heavy atom. The Bertz CT molecular complexity index is 1280. The van der Waals surface area contributed by atoms with E-state index in [2.05, 4.69) is 9.98 Å². The first-order valence-electron chi connectivity index (χ1n) is 10.8. The molecule has 0 aliphatic heterocycles. The van der Waals surface area contributed by atoms with Gasteiger partial charge in [-0.15, -0.1) is 0 Å². The zero-order chi connectivity index (χ0) is 26.0. The van der Waals surface area contributed by atoms with Crippen LogP contribution in [-0.4, -0.2) is 30.1 Å². The van der Waals surface area contributed by atoms with Crippen LogP contribution in [0.25, 0.3) is 10.9 Å². The summed E-state index contributed by atoms with van der Waals surface area (Å²) in [7, 11) is 2.97. The molecule has 0 bridgehead atoms. The average molecular weight is 507 g/mol. The van der Waals surface area contributed by atoms with Crippen molar-refractivity contribution in [3.8, 4) is 5.88 Å². The van der Waals surface area contributed by atoms with E-state index in [1.54, 1.807) is 38.1 Å². The molecule has 3 rings (SSSR count). The quantitative estimate of drug-likeness (QED) is 0.230. The highest BCUT2D eigenvalue weighted by Crippen LogP contribution is 2.37. The summed E-state index contributed by atoms with van der Waals surface area (Å²) in [6.07, 6.45) is -2.46. The van der Waals surface area contributed by atoms with Crippen molar-refractivity contribution in [3.63, 3.8) is 0 Å². The van der Waals surface area contributed by atoms with E-state index in [0.717, 1.165) is 12.1 Å². The van der Waals surface area contributed by atoms with E-state index < -0.39 is 17.3 Å². The van der Waals surface area contributed by atoms with E-state index in [1.807, 2.05) is 6.92 Å². The van der Waals surface area contributed by atoms with E-state index in [9.17, 15) is 18.3 Å². The summed E-state index contributed by atoms with van der Waals surface area (Å²) in [5, 5.41) is 12.1. The third kappa shape index (κ3) is 5.60. The van der Waals surface area contributed by atoms with Gasteiger partial charge >= 0.3 is 6.18 Å². The molecule has 3 aromatic rings. The van der Waals surface area contributed by atoms with Crippen molar-refractivity contribution >= 4 is 28.4 Å². The number of nitrogens with zero attached hydrogens (tertiary/aromatic N) is 2. The lowest BCUT2D eigenvalue weighted by Crippen LogP contribution is -2.34. The van der Waals surface area contributed by atoms with Crippen LogP contribution in [0.4, 0.5) is 13.2 Å². The number of halogens is 4. The summed E-state index contributed by atoms with van der Waals surface area (Å²) in [5.41, 5.74) is -0.162. The van der Waals surface area contributed by atoms with Crippen LogP contribution in [0.1, 0.15) is 43.0 Å². The van der Waals surface area contributed by atoms with Crippen LogP contribution < -0.4 is 4.74 Å². The van der Waals surface area contributed by atoms with Gasteiger partial charge in [0, 0.05) is 24.4 Å². The second-order valence-electron chi connectivity index (χ2n) is 8.12. The number of aliphatic hydroxyl groups is 1. The van der Waals surface area contributed by atoms with Gasteiger partial charge in [0.05, 0.1) is 29.0 Å². The first-order valence-corrected chi connectivity index (χ1v) is 11.1. The topological polar surface area (TPSA) is 63.9 Å². The SMILES string of the molecule is C/C=C(/C)OC(=NC)C(C)(O)c1ccc2nc(OC)c(Cc3ccc(C(F)(F)F)cc3)c(Cl)c2c1. The second-order valence-corrected chi connectivity index (χ2v) is 8.50. The maximum atomic E-state index is 12.9. The van der Waals surface area contributed by atoms with E-state index in [4.69, 9.17) is 21.1 Å². The summed E-state index contributed by atoms with van der Waals surface area (Å²) in [6.45, 7) is 5.13. The molecule has 5 nitrogen and oxygen atoms in total. The third-order valence-corrected chi connectivity index (χ3v) is 6.11. The number of alkyl halides is 3. The molecule has 0 aliphatic carbocycles. The summed E-state index contributed by atoms with van der Waals surface area (Å²) < 4.78 is 49.9. The molecule has 35 heavy (non-hydrogen) atoms. The first-order chi connectivity index (χ1) is 16.4. The molecule has 1 aromatic heterocycles. The van der Waals surface area contributed by atoms with Crippen LogP contribution in [0.2, 0.25) is 5.02 Å². The lowest BCUT2D eigenvalue weighted by atomic mass is 9.93. The molecule has 0 radical (unpaired) electrons. The monoisotopic (exact) mass is 506 g/mol. The molecule has 2 aromatic carbocycles. The summed E-state index contributed by atoms with van der Waals surface area (Å²) in [5.74, 6) is 0.953. The zero-order valence-electron chi connectivity index (χ0n) is 20.0. The molecule has 0 amide bonds. The third-order valence-electron chi connectivity index (χ3n) is 5.68. The standard InChI is InChI=1S/C26H26ClF3N2O3/c1-6-15(2)35-24(31-4)25(3,33)18-11-12-21-19(14-18)22(27)20(23(32-21)34-5)13-16-7-9-17(10-8-16)26(28,29)30/h6-12,14,33H,13H2,1-5H3/b15-6-,31-24?. The number of hydrogen-bond donors (Lipinski definition) is 1. The molecule has 0 fully saturated rings. The van der Waals surface area contributed by atoms with Gasteiger partial charge in [-0.1, -0.05) is 29.8 Å². The summed E-state index contributed by atoms with van der Waals surface area (Å²) in [6, 6.07) is 9.94. The maximum Gasteiger partial charge on any atom is 0.416 e. The minimum atomic E-state index is -4.42. The van der Waals surface area contributed by atoms with Gasteiger partial charge in [0.25, 0.3) is 0 Å². The fraction of sp³-hybridized carbons (Fsp3) is 0.308. The number of pyridine rings is 1. The van der Waals surface area contributed by atoms with E-state index in [1.165, 1.54) is 26.3 Å². The highest BCUT2D eigenvalue weighted by molar-refractivity contribution is 6.36. The number of aliphatic imine (C=N–C) groups is 1. The fourth-order valence-electron chi connectivity index (χ4n) is 3.58. The minimum Gasteiger partial charge on any atom is -0.481 e. The molecule has 9 heteroatoms. The number of ether oxygens (including phenoxy) is 2. The Kier molecular flexibility index (Phi) is 7.77. The van der Waals surface area contributed by atoms with Gasteiger partial charge in [-0.25, -0.2) is 4.98 Å². The van der Waals surface area contributed by atoms with Gasteiger partial charge in [-0.05, 0) is 62.2 Å². The number of rotatable bonds is 6. The van der Waals surface area contributed by atoms with Crippen LogP contribution in [0.15, 0.2) is 59.3 Å². The molecular formula is C26H26ClF3N2O3. The van der Waals surface area contributed by atoms with Gasteiger partial charge < -0.3 is 14.6 Å². The van der Waals surface area contributed by atoms with Crippen molar-refractivity contribution in [2.75, 3.05) is 14.2 Å². The van der Waals surface area contributed by atoms with Crippen LogP contribution in [0.3, 0.4) is 0 Å². The highest BCUT2D eigenvalue weighted by atomic mass is 35.5. The molecule has 1 atom stereocenters. The minimum absolute atomic E-state index is 0.107. The van der Waals surface area contributed by atoms with Crippen molar-refractivity contribution in [3.05, 3.63) is 81.6 Å². The van der Waals surface area contributed by atoms with Gasteiger partial charge in [0.2, 0.25) is 11.8 Å². The van der Waals surface area contributed by atoms with E-state index in [-0.39, 0.29) is 18.2 Å². The number of benzene rings is 2. The van der Waals surface area contributed by atoms with Crippen molar-refractivity contribution in [1.82, 2.24) is 4.98 Å². The van der Waals surface area contributed by atoms with Crippen LogP contribution in [0.5, 0.6) is 5.88 Å². The predicted molar refractivity (Wildman–Crippen MR) is 131 cm³/mol. The molecule has 1 N–H and O–H groups in total. The normalized spacial score (nSPS) is 14.7. The van der Waals surface area contributed by atoms with E-state index in [0.29, 0.717) is 38.4 Å². The van der Waals surface area contributed by atoms with Crippen LogP contribution in [-0.2, 0) is 22.9 Å². The number of aromatic nitrogens is 1. The summed E-state index contributed by atoms with van der Waals surface area (Å²) >= 11 is 6.77. The molecule has 0 saturated carbocycles. The van der Waals surface area contributed by atoms with E-state index >= 15 is 0 Å². The lowest BCUT2D eigenvalue weighted by molar-refractivity contribution is -0.137. The smallest absolute Gasteiger partial charge is 0.416 e. The molecule has 0 spiro atoms. The molecular weight excluding hydrogens is 481 g/mol. The molecule has 1 heterocycles. The van der Waals surface area contributed by atoms with Gasteiger partial charge in [-0.2, -0.15) is 13.2 Å². The van der Waals surface area contributed by atoms with Gasteiger partial charge in [-0.3, -0.25) is 4.99 Å². The fourth-order valence-corrected chi connectivity index (χ4v) is 3.88. The Balaban J connectivity index is 2.07. The summed E-state index contributed by atoms with van der Waals surface area (Å²) in [4.78, 5) is 8.62. The van der Waals surface area contributed by atoms with Crippen LogP contribution >= 0.6 is 11.6 Å². The van der Waals surface area contributed by atoms with Crippen molar-refractivity contribution < 1.29 is 27.8 Å². The van der Waals surface area contributed by atoms with Gasteiger partial charge in [0.15, 0.2) is 5.60 Å². The zero-order valence-corrected chi connectivity index (χ0v) is 20.8. The molecule has 186 valence electrons. The molecule has 0 aliphatic rings. The first kappa shape index (κ1) is 26.5. The number of hydrogen-bond acceptors (Lipinski definition) is 5. The van der Waals surface area contributed by atoms with Gasteiger partial charge in [0.1, 0.15) is 0 Å². The van der Waals surface area contributed by atoms with Crippen LogP contribution in [0, 0.1) is 0 Å². The van der Waals surface area contributed by atoms with Crippen molar-refractivity contribution in [2.45, 2.75) is 39.0 Å². The Hall–Kier alpha value is -3.10. The Morgan fingerprint density at radius 1 is 1.14 bits per heavy atom. The second kappa shape index (κ2) is 10.3. The largest absolute Gasteiger partial charge is 0.481 e. The highest BCUT2D eigenvalue weighted by Gasteiger charge is 2.33. The van der Waals surface area contributed by atoms with Crippen molar-refractivity contribution in [2.24, 2.45) is 4.99 Å². The number of allylic oxidation sites excluding steroid dienone is 2. The maximum absolute atomic E-state index is 12.9. The molecule has 0 saturated heterocycles. The number of fused-ring (bicyclic) bond motifs is 1. The number of methoxy groups -OCH3 is 1. The Morgan fingerprint density at radius 2 is 1.77 bits per heavy atom. The molecule has 1 unspecified atom stereocenters.